The van der Waals surface area contributed by atoms with Gasteiger partial charge in [-0.2, -0.15) is 5.10 Å². The van der Waals surface area contributed by atoms with Crippen LogP contribution in [0.1, 0.15) is 23.9 Å². The van der Waals surface area contributed by atoms with Crippen molar-refractivity contribution in [3.8, 4) is 0 Å². The monoisotopic (exact) mass is 385 g/mol. The number of hydrogen-bond donors (Lipinski definition) is 1. The van der Waals surface area contributed by atoms with E-state index in [1.54, 1.807) is 0 Å². The lowest BCUT2D eigenvalue weighted by atomic mass is 10.2. The fourth-order valence-corrected chi connectivity index (χ4v) is 3.04. The third-order valence-electron chi connectivity index (χ3n) is 3.13. The van der Waals surface area contributed by atoms with E-state index in [0.29, 0.717) is 0 Å². The second kappa shape index (κ2) is 6.09. The second-order valence-electron chi connectivity index (χ2n) is 4.50. The lowest BCUT2D eigenvalue weighted by Crippen LogP contribution is -2.06. The number of aromatic nitrogens is 2. The lowest BCUT2D eigenvalue weighted by molar-refractivity contribution is 0.706. The molecule has 1 heterocycles. The molecule has 102 valence electrons. The van der Waals surface area contributed by atoms with Crippen molar-refractivity contribution in [2.24, 2.45) is 7.05 Å². The largest absolute Gasteiger partial charge is 0.379 e. The van der Waals surface area contributed by atoms with Crippen LogP contribution in [0.25, 0.3) is 0 Å². The molecule has 0 saturated carbocycles. The number of anilines is 1. The van der Waals surface area contributed by atoms with Crippen molar-refractivity contribution in [1.82, 2.24) is 9.78 Å². The van der Waals surface area contributed by atoms with Gasteiger partial charge in [-0.05, 0) is 47.0 Å². The first-order valence-corrected chi connectivity index (χ1v) is 7.81. The zero-order valence-electron chi connectivity index (χ0n) is 11.3. The van der Waals surface area contributed by atoms with Gasteiger partial charge in [0.2, 0.25) is 0 Å². The fraction of sp³-hybridized carbons (Fsp3) is 0.357. The first kappa shape index (κ1) is 14.6. The van der Waals surface area contributed by atoms with Crippen LogP contribution in [0.4, 0.5) is 5.69 Å². The number of nitrogens with zero attached hydrogens (tertiary/aromatic N) is 2. The first-order chi connectivity index (χ1) is 9.02. The predicted molar refractivity (Wildman–Crippen MR) is 86.5 cm³/mol. The van der Waals surface area contributed by atoms with E-state index >= 15 is 0 Å². The molecule has 2 rings (SSSR count). The lowest BCUT2D eigenvalue weighted by Gasteiger charge is -2.09. The molecule has 19 heavy (non-hydrogen) atoms. The molecule has 0 atom stereocenters. The Morgan fingerprint density at radius 1 is 1.32 bits per heavy atom. The van der Waals surface area contributed by atoms with Crippen LogP contribution in [-0.4, -0.2) is 9.78 Å². The standard InChI is InChI=1S/C14H17Br2N3/c1-4-12-14(16)13(19(3)18-12)8-17-10-6-5-9(2)11(15)7-10/h5-7,17H,4,8H2,1-3H3. The Bertz CT molecular complexity index is 591. The van der Waals surface area contributed by atoms with Crippen LogP contribution >= 0.6 is 31.9 Å². The third kappa shape index (κ3) is 3.20. The molecule has 2 aromatic rings. The Morgan fingerprint density at radius 2 is 2.05 bits per heavy atom. The molecule has 0 fully saturated rings. The van der Waals surface area contributed by atoms with E-state index < -0.39 is 0 Å². The predicted octanol–water partition coefficient (Wildman–Crippen LogP) is 4.43. The molecular formula is C14H17Br2N3. The maximum atomic E-state index is 4.49. The summed E-state index contributed by atoms with van der Waals surface area (Å²) in [5.74, 6) is 0. The highest BCUT2D eigenvalue weighted by Gasteiger charge is 2.12. The van der Waals surface area contributed by atoms with Gasteiger partial charge in [0, 0.05) is 17.2 Å². The van der Waals surface area contributed by atoms with Gasteiger partial charge in [0.05, 0.1) is 22.4 Å². The first-order valence-electron chi connectivity index (χ1n) is 6.23. The van der Waals surface area contributed by atoms with Crippen LogP contribution in [-0.2, 0) is 20.0 Å². The summed E-state index contributed by atoms with van der Waals surface area (Å²) in [5, 5.41) is 7.92. The zero-order valence-corrected chi connectivity index (χ0v) is 14.5. The molecular weight excluding hydrogens is 370 g/mol. The zero-order chi connectivity index (χ0) is 14.0. The van der Waals surface area contributed by atoms with Gasteiger partial charge in [-0.25, -0.2) is 0 Å². The molecule has 0 bridgehead atoms. The van der Waals surface area contributed by atoms with Gasteiger partial charge in [0.25, 0.3) is 0 Å². The van der Waals surface area contributed by atoms with Gasteiger partial charge in [0.15, 0.2) is 0 Å². The molecule has 0 amide bonds. The van der Waals surface area contributed by atoms with Crippen molar-refractivity contribution in [2.75, 3.05) is 5.32 Å². The van der Waals surface area contributed by atoms with Gasteiger partial charge in [-0.3, -0.25) is 4.68 Å². The molecule has 1 aromatic carbocycles. The molecule has 3 nitrogen and oxygen atoms in total. The normalized spacial score (nSPS) is 10.8. The second-order valence-corrected chi connectivity index (χ2v) is 6.15. The highest BCUT2D eigenvalue weighted by Crippen LogP contribution is 2.24. The molecule has 0 spiro atoms. The van der Waals surface area contributed by atoms with E-state index in [0.717, 1.165) is 39.0 Å². The van der Waals surface area contributed by atoms with Crippen LogP contribution in [0.3, 0.4) is 0 Å². The minimum Gasteiger partial charge on any atom is -0.379 e. The maximum Gasteiger partial charge on any atom is 0.0767 e. The quantitative estimate of drug-likeness (QED) is 0.842. The number of benzene rings is 1. The summed E-state index contributed by atoms with van der Waals surface area (Å²) in [4.78, 5) is 0. The summed E-state index contributed by atoms with van der Waals surface area (Å²) in [6, 6.07) is 6.29. The molecule has 0 saturated heterocycles. The van der Waals surface area contributed by atoms with Crippen molar-refractivity contribution >= 4 is 37.5 Å². The maximum absolute atomic E-state index is 4.49. The number of nitrogens with one attached hydrogen (secondary N) is 1. The average molecular weight is 387 g/mol. The van der Waals surface area contributed by atoms with Crippen LogP contribution in [0.15, 0.2) is 27.1 Å². The van der Waals surface area contributed by atoms with Crippen molar-refractivity contribution in [2.45, 2.75) is 26.8 Å². The van der Waals surface area contributed by atoms with Crippen LogP contribution < -0.4 is 5.32 Å². The van der Waals surface area contributed by atoms with Gasteiger partial charge in [-0.1, -0.05) is 28.9 Å². The van der Waals surface area contributed by atoms with Gasteiger partial charge < -0.3 is 5.32 Å². The van der Waals surface area contributed by atoms with Crippen LogP contribution in [0.5, 0.6) is 0 Å². The highest BCUT2D eigenvalue weighted by molar-refractivity contribution is 9.10. The average Bonchev–Trinajstić information content (AvgIpc) is 2.66. The number of hydrogen-bond acceptors (Lipinski definition) is 2. The topological polar surface area (TPSA) is 29.9 Å². The van der Waals surface area contributed by atoms with Crippen molar-refractivity contribution in [3.05, 3.63) is 44.1 Å². The molecule has 1 N–H and O–H groups in total. The molecule has 0 aliphatic rings. The van der Waals surface area contributed by atoms with E-state index in [9.17, 15) is 0 Å². The summed E-state index contributed by atoms with van der Waals surface area (Å²) < 4.78 is 4.16. The fourth-order valence-electron chi connectivity index (χ4n) is 1.90. The smallest absolute Gasteiger partial charge is 0.0767 e. The van der Waals surface area contributed by atoms with E-state index in [2.05, 4.69) is 74.3 Å². The highest BCUT2D eigenvalue weighted by atomic mass is 79.9. The van der Waals surface area contributed by atoms with Gasteiger partial charge in [-0.15, -0.1) is 0 Å². The van der Waals surface area contributed by atoms with Crippen LogP contribution in [0.2, 0.25) is 0 Å². The Morgan fingerprint density at radius 3 is 2.63 bits per heavy atom. The van der Waals surface area contributed by atoms with Crippen molar-refractivity contribution < 1.29 is 0 Å². The molecule has 0 aliphatic heterocycles. The summed E-state index contributed by atoms with van der Waals surface area (Å²) in [7, 11) is 1.98. The molecule has 0 aliphatic carbocycles. The number of rotatable bonds is 4. The summed E-state index contributed by atoms with van der Waals surface area (Å²) in [6.45, 7) is 4.94. The molecule has 5 heteroatoms. The SMILES string of the molecule is CCc1nn(C)c(CNc2ccc(C)c(Br)c2)c1Br. The van der Waals surface area contributed by atoms with E-state index in [1.165, 1.54) is 5.56 Å². The van der Waals surface area contributed by atoms with Crippen LogP contribution in [0, 0.1) is 6.92 Å². The van der Waals surface area contributed by atoms with Crippen molar-refractivity contribution in [3.63, 3.8) is 0 Å². The van der Waals surface area contributed by atoms with Crippen molar-refractivity contribution in [1.29, 1.82) is 0 Å². The minimum atomic E-state index is 0.750. The molecule has 1 aromatic heterocycles. The summed E-state index contributed by atoms with van der Waals surface area (Å²) >= 11 is 7.18. The van der Waals surface area contributed by atoms with E-state index in [-0.39, 0.29) is 0 Å². The summed E-state index contributed by atoms with van der Waals surface area (Å²) in [5.41, 5.74) is 4.60. The Hall–Kier alpha value is -0.810. The Balaban J connectivity index is 2.14. The van der Waals surface area contributed by atoms with Gasteiger partial charge >= 0.3 is 0 Å². The molecule has 0 radical (unpaired) electrons. The Kier molecular flexibility index (Phi) is 4.68. The van der Waals surface area contributed by atoms with Gasteiger partial charge in [0.1, 0.15) is 0 Å². The molecule has 0 unspecified atom stereocenters. The number of aryl methyl sites for hydroxylation is 3. The Labute approximate surface area is 130 Å². The minimum absolute atomic E-state index is 0.750. The van der Waals surface area contributed by atoms with E-state index in [4.69, 9.17) is 0 Å². The number of halogens is 2. The third-order valence-corrected chi connectivity index (χ3v) is 4.90. The summed E-state index contributed by atoms with van der Waals surface area (Å²) in [6.07, 6.45) is 0.935. The van der Waals surface area contributed by atoms with E-state index in [1.807, 2.05) is 11.7 Å².